The molecule has 1 heterocycles. The molecule has 0 saturated heterocycles. The summed E-state index contributed by atoms with van der Waals surface area (Å²) >= 11 is 0. The van der Waals surface area contributed by atoms with Gasteiger partial charge in [-0.05, 0) is 61.2 Å². The monoisotopic (exact) mass is 481 g/mol. The predicted octanol–water partition coefficient (Wildman–Crippen LogP) is 4.91. The van der Waals surface area contributed by atoms with Gasteiger partial charge in [0.2, 0.25) is 6.29 Å². The highest BCUT2D eigenvalue weighted by molar-refractivity contribution is 5.91. The number of alkyl halides is 3. The summed E-state index contributed by atoms with van der Waals surface area (Å²) in [5.41, 5.74) is 0.498. The van der Waals surface area contributed by atoms with Crippen LogP contribution in [0.2, 0.25) is 0 Å². The number of carbonyl (C=O) groups excluding carboxylic acids is 1. The summed E-state index contributed by atoms with van der Waals surface area (Å²) in [5.74, 6) is -1.71. The molecule has 1 amide bonds. The normalized spacial score (nSPS) is 20.4. The summed E-state index contributed by atoms with van der Waals surface area (Å²) in [6, 6.07) is 10.5. The van der Waals surface area contributed by atoms with Crippen LogP contribution in [0.25, 0.3) is 0 Å². The first-order valence-corrected chi connectivity index (χ1v) is 11.0. The van der Waals surface area contributed by atoms with Gasteiger partial charge in [-0.25, -0.2) is 4.39 Å². The van der Waals surface area contributed by atoms with E-state index in [9.17, 15) is 27.5 Å². The van der Waals surface area contributed by atoms with Gasteiger partial charge in [-0.2, -0.15) is 13.2 Å². The summed E-state index contributed by atoms with van der Waals surface area (Å²) in [6.07, 6.45) is -2.78. The molecule has 5 nitrogen and oxygen atoms in total. The van der Waals surface area contributed by atoms with Crippen LogP contribution < -0.4 is 5.32 Å². The van der Waals surface area contributed by atoms with Crippen LogP contribution in [-0.2, 0) is 27.0 Å². The van der Waals surface area contributed by atoms with Crippen LogP contribution in [0.15, 0.2) is 60.4 Å². The molecule has 0 bridgehead atoms. The van der Waals surface area contributed by atoms with Crippen molar-refractivity contribution in [3.63, 3.8) is 0 Å². The number of allylic oxidation sites excluding steroid dienone is 1. The van der Waals surface area contributed by atoms with E-state index in [1.54, 1.807) is 25.1 Å². The number of hydrogen-bond donors (Lipinski definition) is 2. The first-order valence-electron chi connectivity index (χ1n) is 11.0. The van der Waals surface area contributed by atoms with Gasteiger partial charge in [0.1, 0.15) is 5.82 Å². The van der Waals surface area contributed by atoms with Gasteiger partial charge in [0, 0.05) is 31.6 Å². The summed E-state index contributed by atoms with van der Waals surface area (Å²) in [6.45, 7) is 2.14. The Hall–Kier alpha value is -2.91. The number of halogens is 4. The van der Waals surface area contributed by atoms with E-state index < -0.39 is 29.9 Å². The Morgan fingerprint density at radius 3 is 2.38 bits per heavy atom. The van der Waals surface area contributed by atoms with Crippen molar-refractivity contribution in [3.05, 3.63) is 82.9 Å². The topological polar surface area (TPSA) is 67.8 Å². The molecule has 0 fully saturated rings. The largest absolute Gasteiger partial charge is 0.459 e. The van der Waals surface area contributed by atoms with Crippen molar-refractivity contribution in [2.24, 2.45) is 5.92 Å². The van der Waals surface area contributed by atoms with Gasteiger partial charge >= 0.3 is 6.18 Å². The number of rotatable bonds is 9. The third-order valence-electron chi connectivity index (χ3n) is 5.62. The second-order valence-corrected chi connectivity index (χ2v) is 7.96. The van der Waals surface area contributed by atoms with Gasteiger partial charge in [-0.15, -0.1) is 0 Å². The summed E-state index contributed by atoms with van der Waals surface area (Å²) in [4.78, 5) is 12.8. The van der Waals surface area contributed by atoms with Crippen molar-refractivity contribution in [3.8, 4) is 0 Å². The Kier molecular flexibility index (Phi) is 8.68. The molecular formula is C25H27F4NO4. The minimum absolute atomic E-state index is 0.00860. The maximum absolute atomic E-state index is 13.1. The fourth-order valence-electron chi connectivity index (χ4n) is 3.91. The molecule has 3 atom stereocenters. The van der Waals surface area contributed by atoms with E-state index in [1.165, 1.54) is 24.3 Å². The van der Waals surface area contributed by atoms with Crippen molar-refractivity contribution in [2.45, 2.75) is 44.7 Å². The molecule has 1 aliphatic heterocycles. The fourth-order valence-corrected chi connectivity index (χ4v) is 3.91. The van der Waals surface area contributed by atoms with Crippen molar-refractivity contribution >= 4 is 5.91 Å². The molecule has 0 spiro atoms. The van der Waals surface area contributed by atoms with Crippen LogP contribution in [0.4, 0.5) is 17.6 Å². The van der Waals surface area contributed by atoms with Crippen molar-refractivity contribution in [1.29, 1.82) is 0 Å². The minimum atomic E-state index is -4.46. The van der Waals surface area contributed by atoms with Crippen molar-refractivity contribution < 1.29 is 36.9 Å². The molecule has 1 aliphatic rings. The van der Waals surface area contributed by atoms with Crippen molar-refractivity contribution in [1.82, 2.24) is 5.32 Å². The molecule has 2 N–H and O–H groups in total. The Morgan fingerprint density at radius 1 is 1.12 bits per heavy atom. The average Bonchev–Trinajstić information content (AvgIpc) is 2.82. The number of hydrogen-bond acceptors (Lipinski definition) is 4. The first-order chi connectivity index (χ1) is 16.2. The van der Waals surface area contributed by atoms with Crippen LogP contribution in [0.3, 0.4) is 0 Å². The first kappa shape index (κ1) is 25.7. The molecule has 0 unspecified atom stereocenters. The van der Waals surface area contributed by atoms with E-state index in [4.69, 9.17) is 9.47 Å². The number of amides is 1. The zero-order valence-electron chi connectivity index (χ0n) is 18.6. The number of aliphatic hydroxyl groups is 1. The second-order valence-electron chi connectivity index (χ2n) is 7.96. The van der Waals surface area contributed by atoms with E-state index in [1.807, 2.05) is 0 Å². The minimum Gasteiger partial charge on any atom is -0.459 e. The molecule has 184 valence electrons. The van der Waals surface area contributed by atoms with Crippen LogP contribution in [0, 0.1) is 11.7 Å². The lowest BCUT2D eigenvalue weighted by molar-refractivity contribution is -0.166. The summed E-state index contributed by atoms with van der Waals surface area (Å²) < 4.78 is 63.8. The highest BCUT2D eigenvalue weighted by Gasteiger charge is 2.38. The van der Waals surface area contributed by atoms with Gasteiger partial charge in [0.15, 0.2) is 5.76 Å². The van der Waals surface area contributed by atoms with E-state index in [0.29, 0.717) is 30.6 Å². The van der Waals surface area contributed by atoms with Gasteiger partial charge in [0.05, 0.1) is 5.56 Å². The molecule has 2 aromatic carbocycles. The second kappa shape index (κ2) is 11.5. The van der Waals surface area contributed by atoms with Gasteiger partial charge in [0.25, 0.3) is 5.91 Å². The fraction of sp³-hybridized carbons (Fsp3) is 0.400. The predicted molar refractivity (Wildman–Crippen MR) is 117 cm³/mol. The maximum Gasteiger partial charge on any atom is 0.416 e. The molecule has 0 aliphatic carbocycles. The Bertz CT molecular complexity index is 974. The van der Waals surface area contributed by atoms with E-state index in [2.05, 4.69) is 5.32 Å². The molecule has 0 saturated carbocycles. The number of ether oxygens (including phenoxy) is 2. The Morgan fingerprint density at radius 2 is 1.79 bits per heavy atom. The van der Waals surface area contributed by atoms with E-state index in [-0.39, 0.29) is 30.6 Å². The summed E-state index contributed by atoms with van der Waals surface area (Å²) in [5, 5.41) is 12.0. The van der Waals surface area contributed by atoms with Crippen LogP contribution in [-0.4, -0.2) is 30.5 Å². The Balaban J connectivity index is 1.87. The number of aliphatic hydroxyl groups excluding tert-OH is 1. The third kappa shape index (κ3) is 6.57. The Labute approximate surface area is 195 Å². The zero-order valence-corrected chi connectivity index (χ0v) is 18.6. The number of benzene rings is 2. The molecule has 2 aromatic rings. The van der Waals surface area contributed by atoms with Gasteiger partial charge in [-0.1, -0.05) is 24.3 Å². The number of carbonyl (C=O) groups is 1. The average molecular weight is 481 g/mol. The summed E-state index contributed by atoms with van der Waals surface area (Å²) in [7, 11) is 0. The quantitative estimate of drug-likeness (QED) is 0.500. The highest BCUT2D eigenvalue weighted by Crippen LogP contribution is 2.40. The van der Waals surface area contributed by atoms with E-state index in [0.717, 1.165) is 12.1 Å². The van der Waals surface area contributed by atoms with Crippen molar-refractivity contribution in [2.75, 3.05) is 13.2 Å². The van der Waals surface area contributed by atoms with Crippen LogP contribution in [0.1, 0.15) is 42.4 Å². The van der Waals surface area contributed by atoms with E-state index >= 15 is 0 Å². The molecule has 0 radical (unpaired) electrons. The standard InChI is InChI=1S/C25H27F4NO4/c1-2-33-24-20(4-3-13-31)21(17-7-9-18(10-8-17)25(27,28)29)14-22(34-24)23(32)30-15-16-5-11-19(26)12-6-16/h5-12,14,20-21,24,31H,2-4,13,15H2,1H3,(H,30,32)/t20-,21+,24+/m1/s1. The molecule has 34 heavy (non-hydrogen) atoms. The number of nitrogens with one attached hydrogen (secondary N) is 1. The van der Waals surface area contributed by atoms with Crippen LogP contribution >= 0.6 is 0 Å². The highest BCUT2D eigenvalue weighted by atomic mass is 19.4. The maximum atomic E-state index is 13.1. The molecule has 3 rings (SSSR count). The molecule has 0 aromatic heterocycles. The molecule has 9 heteroatoms. The van der Waals surface area contributed by atoms with Gasteiger partial charge < -0.3 is 19.9 Å². The lowest BCUT2D eigenvalue weighted by atomic mass is 9.80. The lowest BCUT2D eigenvalue weighted by Gasteiger charge is -2.37. The SMILES string of the molecule is CCO[C@H]1OC(C(=O)NCc2ccc(F)cc2)=C[C@@H](c2ccc(C(F)(F)F)cc2)[C@H]1CCCO. The molecular weight excluding hydrogens is 454 g/mol. The van der Waals surface area contributed by atoms with Crippen LogP contribution in [0.5, 0.6) is 0 Å². The van der Waals surface area contributed by atoms with Gasteiger partial charge in [-0.3, -0.25) is 4.79 Å². The third-order valence-corrected chi connectivity index (χ3v) is 5.62. The zero-order chi connectivity index (χ0) is 24.7. The lowest BCUT2D eigenvalue weighted by Crippen LogP contribution is -2.39. The smallest absolute Gasteiger partial charge is 0.416 e.